The fourth-order valence-corrected chi connectivity index (χ4v) is 2.78. The summed E-state index contributed by atoms with van der Waals surface area (Å²) in [5.74, 6) is -3.84. The molecule has 1 aromatic carbocycles. The highest BCUT2D eigenvalue weighted by molar-refractivity contribution is 7.07. The fraction of sp³-hybridized carbons (Fsp3) is 0.286. The topological polar surface area (TPSA) is 29.3 Å². The fourth-order valence-electron chi connectivity index (χ4n) is 2.12. The van der Waals surface area contributed by atoms with Gasteiger partial charge in [-0.15, -0.1) is 0 Å². The third-order valence-electron chi connectivity index (χ3n) is 3.16. The zero-order valence-electron chi connectivity index (χ0n) is 10.9. The molecule has 0 bridgehead atoms. The second-order valence-corrected chi connectivity index (χ2v) is 5.38. The van der Waals surface area contributed by atoms with Crippen LogP contribution >= 0.6 is 11.3 Å². The van der Waals surface area contributed by atoms with Crippen molar-refractivity contribution in [2.75, 3.05) is 13.6 Å². The van der Waals surface area contributed by atoms with E-state index in [1.54, 1.807) is 11.3 Å². The van der Waals surface area contributed by atoms with E-state index < -0.39 is 17.5 Å². The minimum atomic E-state index is -1.45. The smallest absolute Gasteiger partial charge is 0.194 e. The van der Waals surface area contributed by atoms with E-state index in [0.29, 0.717) is 12.1 Å². The minimum absolute atomic E-state index is 0.186. The molecular formula is C14H15F3N2S. The Morgan fingerprint density at radius 3 is 2.40 bits per heavy atom. The van der Waals surface area contributed by atoms with E-state index in [1.807, 2.05) is 28.8 Å². The molecule has 2 rings (SSSR count). The normalized spacial score (nSPS) is 12.9. The lowest BCUT2D eigenvalue weighted by atomic mass is 10.0. The van der Waals surface area contributed by atoms with Crippen LogP contribution in [0.15, 0.2) is 29.0 Å². The molecule has 0 saturated carbocycles. The highest BCUT2D eigenvalue weighted by Gasteiger charge is 2.20. The highest BCUT2D eigenvalue weighted by Crippen LogP contribution is 2.24. The lowest BCUT2D eigenvalue weighted by molar-refractivity contribution is 0.240. The van der Waals surface area contributed by atoms with Gasteiger partial charge in [0.25, 0.3) is 0 Å². The Balaban J connectivity index is 2.23. The molecular weight excluding hydrogens is 285 g/mol. The molecule has 0 saturated heterocycles. The summed E-state index contributed by atoms with van der Waals surface area (Å²) in [5.41, 5.74) is 7.13. The van der Waals surface area contributed by atoms with Crippen LogP contribution < -0.4 is 5.73 Å². The molecule has 1 aromatic heterocycles. The van der Waals surface area contributed by atoms with Crippen molar-refractivity contribution in [3.8, 4) is 0 Å². The molecule has 1 unspecified atom stereocenters. The quantitative estimate of drug-likeness (QED) is 0.859. The number of thiophene rings is 1. The molecule has 2 N–H and O–H groups in total. The van der Waals surface area contributed by atoms with Crippen LogP contribution in [0, 0.1) is 17.5 Å². The summed E-state index contributed by atoms with van der Waals surface area (Å²) in [6.45, 7) is 0.789. The van der Waals surface area contributed by atoms with Crippen molar-refractivity contribution in [3.63, 3.8) is 0 Å². The molecule has 0 aliphatic carbocycles. The second kappa shape index (κ2) is 6.39. The minimum Gasteiger partial charge on any atom is -0.329 e. The Labute approximate surface area is 119 Å². The van der Waals surface area contributed by atoms with Gasteiger partial charge >= 0.3 is 0 Å². The van der Waals surface area contributed by atoms with Crippen molar-refractivity contribution < 1.29 is 13.2 Å². The van der Waals surface area contributed by atoms with Crippen LogP contribution in [0.3, 0.4) is 0 Å². The number of likely N-dealkylation sites (N-methyl/N-ethyl adjacent to an activating group) is 1. The Kier molecular flexibility index (Phi) is 4.80. The first-order chi connectivity index (χ1) is 9.52. The molecule has 108 valence electrons. The van der Waals surface area contributed by atoms with Gasteiger partial charge in [0.05, 0.1) is 0 Å². The predicted octanol–water partition coefficient (Wildman–Crippen LogP) is 3.30. The average Bonchev–Trinajstić information content (AvgIpc) is 2.89. The molecule has 6 heteroatoms. The van der Waals surface area contributed by atoms with Crippen LogP contribution in [0.5, 0.6) is 0 Å². The van der Waals surface area contributed by atoms with E-state index in [9.17, 15) is 13.2 Å². The van der Waals surface area contributed by atoms with Gasteiger partial charge in [-0.1, -0.05) is 0 Å². The van der Waals surface area contributed by atoms with Gasteiger partial charge in [0, 0.05) is 19.1 Å². The van der Waals surface area contributed by atoms with Gasteiger partial charge in [0.15, 0.2) is 17.5 Å². The molecule has 0 spiro atoms. The first-order valence-electron chi connectivity index (χ1n) is 6.08. The largest absolute Gasteiger partial charge is 0.329 e. The van der Waals surface area contributed by atoms with Gasteiger partial charge in [-0.25, -0.2) is 13.2 Å². The standard InChI is InChI=1S/C14H15F3N2S/c1-19(7-9-2-3-20-8-9)13(6-18)10-4-11(15)14(17)12(16)5-10/h2-5,8,13H,6-7,18H2,1H3. The zero-order chi connectivity index (χ0) is 14.7. The van der Waals surface area contributed by atoms with E-state index >= 15 is 0 Å². The molecule has 0 radical (unpaired) electrons. The third kappa shape index (κ3) is 3.20. The zero-order valence-corrected chi connectivity index (χ0v) is 11.8. The van der Waals surface area contributed by atoms with Gasteiger partial charge in [-0.2, -0.15) is 11.3 Å². The van der Waals surface area contributed by atoms with Gasteiger partial charge in [-0.3, -0.25) is 4.90 Å². The molecule has 0 aliphatic rings. The van der Waals surface area contributed by atoms with Crippen molar-refractivity contribution >= 4 is 11.3 Å². The predicted molar refractivity (Wildman–Crippen MR) is 73.9 cm³/mol. The van der Waals surface area contributed by atoms with E-state index in [1.165, 1.54) is 0 Å². The van der Waals surface area contributed by atoms with Crippen LogP contribution in [-0.2, 0) is 6.54 Å². The van der Waals surface area contributed by atoms with Crippen molar-refractivity contribution in [2.24, 2.45) is 5.73 Å². The van der Waals surface area contributed by atoms with Crippen LogP contribution in [0.1, 0.15) is 17.2 Å². The number of nitrogens with two attached hydrogens (primary N) is 1. The van der Waals surface area contributed by atoms with Gasteiger partial charge in [0.1, 0.15) is 0 Å². The second-order valence-electron chi connectivity index (χ2n) is 4.60. The SMILES string of the molecule is CN(Cc1ccsc1)C(CN)c1cc(F)c(F)c(F)c1. The number of hydrogen-bond donors (Lipinski definition) is 1. The van der Waals surface area contributed by atoms with Crippen molar-refractivity contribution in [1.29, 1.82) is 0 Å². The molecule has 0 fully saturated rings. The first-order valence-corrected chi connectivity index (χ1v) is 7.03. The lowest BCUT2D eigenvalue weighted by Gasteiger charge is -2.27. The van der Waals surface area contributed by atoms with E-state index in [0.717, 1.165) is 17.7 Å². The molecule has 1 heterocycles. The van der Waals surface area contributed by atoms with Gasteiger partial charge < -0.3 is 5.73 Å². The Morgan fingerprint density at radius 1 is 1.25 bits per heavy atom. The maximum Gasteiger partial charge on any atom is 0.194 e. The van der Waals surface area contributed by atoms with Crippen LogP contribution in [-0.4, -0.2) is 18.5 Å². The van der Waals surface area contributed by atoms with Crippen molar-refractivity contribution in [1.82, 2.24) is 4.90 Å². The number of benzene rings is 1. The summed E-state index contributed by atoms with van der Waals surface area (Å²) in [4.78, 5) is 1.88. The summed E-state index contributed by atoms with van der Waals surface area (Å²) in [7, 11) is 1.81. The maximum atomic E-state index is 13.3. The third-order valence-corrected chi connectivity index (χ3v) is 3.89. The van der Waals surface area contributed by atoms with Crippen molar-refractivity contribution in [3.05, 3.63) is 57.5 Å². The molecule has 0 aliphatic heterocycles. The maximum absolute atomic E-state index is 13.3. The van der Waals surface area contributed by atoms with E-state index in [-0.39, 0.29) is 12.6 Å². The molecule has 20 heavy (non-hydrogen) atoms. The molecule has 2 nitrogen and oxygen atoms in total. The summed E-state index contributed by atoms with van der Waals surface area (Å²) < 4.78 is 39.6. The molecule has 2 aromatic rings. The number of hydrogen-bond acceptors (Lipinski definition) is 3. The average molecular weight is 300 g/mol. The number of halogens is 3. The van der Waals surface area contributed by atoms with E-state index in [2.05, 4.69) is 0 Å². The van der Waals surface area contributed by atoms with Crippen LogP contribution in [0.4, 0.5) is 13.2 Å². The highest BCUT2D eigenvalue weighted by atomic mass is 32.1. The lowest BCUT2D eigenvalue weighted by Crippen LogP contribution is -2.30. The van der Waals surface area contributed by atoms with Gasteiger partial charge in [0.2, 0.25) is 0 Å². The number of nitrogens with zero attached hydrogens (tertiary/aromatic N) is 1. The first kappa shape index (κ1) is 15.0. The summed E-state index contributed by atoms with van der Waals surface area (Å²) in [5, 5.41) is 3.95. The van der Waals surface area contributed by atoms with Crippen LogP contribution in [0.2, 0.25) is 0 Å². The molecule has 1 atom stereocenters. The summed E-state index contributed by atoms with van der Waals surface area (Å²) in [6, 6.07) is 3.60. The summed E-state index contributed by atoms with van der Waals surface area (Å²) >= 11 is 1.58. The van der Waals surface area contributed by atoms with Crippen LogP contribution in [0.25, 0.3) is 0 Å². The van der Waals surface area contributed by atoms with E-state index in [4.69, 9.17) is 5.73 Å². The van der Waals surface area contributed by atoms with Gasteiger partial charge in [-0.05, 0) is 47.1 Å². The number of rotatable bonds is 5. The monoisotopic (exact) mass is 300 g/mol. The Bertz CT molecular complexity index is 549. The summed E-state index contributed by atoms with van der Waals surface area (Å²) in [6.07, 6.45) is 0. The molecule has 0 amide bonds. The Hall–Kier alpha value is -1.37. The Morgan fingerprint density at radius 2 is 1.90 bits per heavy atom. The van der Waals surface area contributed by atoms with Crippen molar-refractivity contribution in [2.45, 2.75) is 12.6 Å².